The summed E-state index contributed by atoms with van der Waals surface area (Å²) in [4.78, 5) is 6.64. The first kappa shape index (κ1) is 23.6. The predicted molar refractivity (Wildman–Crippen MR) is 123 cm³/mol. The number of hydrogen-bond donors (Lipinski definition) is 1. The number of benzene rings is 1. The maximum atomic E-state index is 12.2. The second kappa shape index (κ2) is 12.1. The molecule has 0 aliphatic carbocycles. The first-order valence-corrected chi connectivity index (χ1v) is 11.7. The zero-order chi connectivity index (χ0) is 18.1. The molecular weight excluding hydrogens is 481 g/mol. The standard InChI is InChI=1S/C18H29N3O2S2.HI/c1-3-17-14-21(11-12-24-17)18(19-2)20-10-7-13-25(22,23)15-16-8-5-4-6-9-16;/h4-6,8-9,17H,3,7,10-15H2,1-2H3,(H,19,20);1H. The zero-order valence-electron chi connectivity index (χ0n) is 15.6. The average molecular weight is 511 g/mol. The van der Waals surface area contributed by atoms with Crippen LogP contribution in [-0.4, -0.2) is 62.7 Å². The summed E-state index contributed by atoms with van der Waals surface area (Å²) in [7, 11) is -1.28. The van der Waals surface area contributed by atoms with Crippen LogP contribution in [0.15, 0.2) is 35.3 Å². The summed E-state index contributed by atoms with van der Waals surface area (Å²) in [5, 5.41) is 3.97. The molecule has 1 aromatic carbocycles. The molecule has 1 aromatic rings. The summed E-state index contributed by atoms with van der Waals surface area (Å²) < 4.78 is 24.5. The first-order chi connectivity index (χ1) is 12.0. The van der Waals surface area contributed by atoms with Crippen LogP contribution in [0.4, 0.5) is 0 Å². The summed E-state index contributed by atoms with van der Waals surface area (Å²) in [6.45, 7) is 4.84. The normalized spacial score (nSPS) is 18.3. The van der Waals surface area contributed by atoms with E-state index in [0.717, 1.165) is 36.8 Å². The highest BCUT2D eigenvalue weighted by molar-refractivity contribution is 14.0. The molecule has 1 atom stereocenters. The van der Waals surface area contributed by atoms with Gasteiger partial charge < -0.3 is 10.2 Å². The van der Waals surface area contributed by atoms with Gasteiger partial charge in [-0.3, -0.25) is 4.99 Å². The Morgan fingerprint density at radius 1 is 1.35 bits per heavy atom. The van der Waals surface area contributed by atoms with Crippen molar-refractivity contribution in [2.24, 2.45) is 4.99 Å². The summed E-state index contributed by atoms with van der Waals surface area (Å²) in [6, 6.07) is 9.36. The van der Waals surface area contributed by atoms with E-state index in [4.69, 9.17) is 0 Å². The Morgan fingerprint density at radius 3 is 2.73 bits per heavy atom. The van der Waals surface area contributed by atoms with E-state index in [9.17, 15) is 8.42 Å². The summed E-state index contributed by atoms with van der Waals surface area (Å²) in [5.41, 5.74) is 0.850. The van der Waals surface area contributed by atoms with E-state index in [1.165, 1.54) is 0 Å². The van der Waals surface area contributed by atoms with Crippen molar-refractivity contribution < 1.29 is 8.42 Å². The van der Waals surface area contributed by atoms with E-state index in [-0.39, 0.29) is 35.5 Å². The number of guanidine groups is 1. The molecule has 2 rings (SSSR count). The number of nitrogens with one attached hydrogen (secondary N) is 1. The monoisotopic (exact) mass is 511 g/mol. The van der Waals surface area contributed by atoms with Crippen LogP contribution in [-0.2, 0) is 15.6 Å². The lowest BCUT2D eigenvalue weighted by molar-refractivity contribution is 0.408. The minimum absolute atomic E-state index is 0. The summed E-state index contributed by atoms with van der Waals surface area (Å²) >= 11 is 2.02. The Bertz CT molecular complexity index is 654. The van der Waals surface area contributed by atoms with E-state index < -0.39 is 9.84 Å². The van der Waals surface area contributed by atoms with Gasteiger partial charge in [0.15, 0.2) is 15.8 Å². The van der Waals surface area contributed by atoms with Crippen molar-refractivity contribution in [3.63, 3.8) is 0 Å². The molecular formula is C18H30IN3O2S2. The number of halogens is 1. The van der Waals surface area contributed by atoms with Crippen molar-refractivity contribution in [2.45, 2.75) is 30.8 Å². The maximum absolute atomic E-state index is 12.2. The number of aliphatic imine (C=N–C) groups is 1. The van der Waals surface area contributed by atoms with E-state index >= 15 is 0 Å². The van der Waals surface area contributed by atoms with Crippen LogP contribution in [0.1, 0.15) is 25.3 Å². The Morgan fingerprint density at radius 2 is 2.08 bits per heavy atom. The molecule has 26 heavy (non-hydrogen) atoms. The van der Waals surface area contributed by atoms with Gasteiger partial charge in [-0.2, -0.15) is 11.8 Å². The van der Waals surface area contributed by atoms with Crippen molar-refractivity contribution >= 4 is 51.5 Å². The largest absolute Gasteiger partial charge is 0.356 e. The Labute approximate surface area is 179 Å². The SMILES string of the molecule is CCC1CN(C(=NC)NCCCS(=O)(=O)Cc2ccccc2)CCS1.I. The van der Waals surface area contributed by atoms with Crippen molar-refractivity contribution in [3.05, 3.63) is 35.9 Å². The van der Waals surface area contributed by atoms with E-state index in [0.29, 0.717) is 18.2 Å². The number of hydrogen-bond acceptors (Lipinski definition) is 4. The van der Waals surface area contributed by atoms with Gasteiger partial charge >= 0.3 is 0 Å². The molecule has 1 unspecified atom stereocenters. The molecule has 1 saturated heterocycles. The third kappa shape index (κ3) is 8.04. The van der Waals surface area contributed by atoms with Gasteiger partial charge in [-0.1, -0.05) is 37.3 Å². The van der Waals surface area contributed by atoms with E-state index in [1.807, 2.05) is 42.1 Å². The molecule has 8 heteroatoms. The van der Waals surface area contributed by atoms with Crippen molar-refractivity contribution in [1.29, 1.82) is 0 Å². The van der Waals surface area contributed by atoms with Gasteiger partial charge in [0.1, 0.15) is 0 Å². The first-order valence-electron chi connectivity index (χ1n) is 8.85. The van der Waals surface area contributed by atoms with Gasteiger partial charge in [0.25, 0.3) is 0 Å². The smallest absolute Gasteiger partial charge is 0.193 e. The fourth-order valence-electron chi connectivity index (χ4n) is 2.88. The molecule has 0 radical (unpaired) electrons. The van der Waals surface area contributed by atoms with Crippen LogP contribution in [0.3, 0.4) is 0 Å². The number of nitrogens with zero attached hydrogens (tertiary/aromatic N) is 2. The molecule has 0 aromatic heterocycles. The highest BCUT2D eigenvalue weighted by Gasteiger charge is 2.21. The molecule has 0 spiro atoms. The van der Waals surface area contributed by atoms with Crippen molar-refractivity contribution in [3.8, 4) is 0 Å². The lowest BCUT2D eigenvalue weighted by Crippen LogP contribution is -2.48. The van der Waals surface area contributed by atoms with Crippen molar-refractivity contribution in [2.75, 3.05) is 38.2 Å². The Hall–Kier alpha value is -0.480. The fourth-order valence-corrected chi connectivity index (χ4v) is 5.49. The summed E-state index contributed by atoms with van der Waals surface area (Å²) in [5.74, 6) is 2.31. The quantitative estimate of drug-likeness (QED) is 0.264. The molecule has 0 amide bonds. The molecule has 5 nitrogen and oxygen atoms in total. The molecule has 1 N–H and O–H groups in total. The van der Waals surface area contributed by atoms with Gasteiger partial charge in [0.05, 0.1) is 11.5 Å². The van der Waals surface area contributed by atoms with Crippen molar-refractivity contribution in [1.82, 2.24) is 10.2 Å². The fraction of sp³-hybridized carbons (Fsp3) is 0.611. The Balaban J connectivity index is 0.00000338. The second-order valence-corrected chi connectivity index (χ2v) is 9.84. The van der Waals surface area contributed by atoms with Gasteiger partial charge in [0, 0.05) is 37.7 Å². The number of rotatable bonds is 7. The molecule has 1 heterocycles. The predicted octanol–water partition coefficient (Wildman–Crippen LogP) is 3.01. The molecule has 148 valence electrons. The lowest BCUT2D eigenvalue weighted by Gasteiger charge is -2.34. The van der Waals surface area contributed by atoms with E-state index in [1.54, 1.807) is 7.05 Å². The molecule has 0 bridgehead atoms. The maximum Gasteiger partial charge on any atom is 0.193 e. The highest BCUT2D eigenvalue weighted by Crippen LogP contribution is 2.20. The van der Waals surface area contributed by atoms with Crippen LogP contribution in [0.2, 0.25) is 0 Å². The van der Waals surface area contributed by atoms with Gasteiger partial charge in [-0.25, -0.2) is 8.42 Å². The van der Waals surface area contributed by atoms with Crippen LogP contribution in [0, 0.1) is 0 Å². The van der Waals surface area contributed by atoms with Crippen LogP contribution in [0.5, 0.6) is 0 Å². The highest BCUT2D eigenvalue weighted by atomic mass is 127. The Kier molecular flexibility index (Phi) is 10.9. The lowest BCUT2D eigenvalue weighted by atomic mass is 10.2. The van der Waals surface area contributed by atoms with Crippen LogP contribution < -0.4 is 5.32 Å². The molecule has 0 saturated carbocycles. The molecule has 1 aliphatic rings. The summed E-state index contributed by atoms with van der Waals surface area (Å²) in [6.07, 6.45) is 1.75. The zero-order valence-corrected chi connectivity index (χ0v) is 19.5. The van der Waals surface area contributed by atoms with E-state index in [2.05, 4.69) is 22.1 Å². The number of sulfone groups is 1. The molecule has 1 fully saturated rings. The number of thioether (sulfide) groups is 1. The average Bonchev–Trinajstić information content (AvgIpc) is 2.62. The van der Waals surface area contributed by atoms with Crippen LogP contribution in [0.25, 0.3) is 0 Å². The third-order valence-electron chi connectivity index (χ3n) is 4.25. The minimum Gasteiger partial charge on any atom is -0.356 e. The van der Waals surface area contributed by atoms with Gasteiger partial charge in [-0.05, 0) is 18.4 Å². The van der Waals surface area contributed by atoms with Crippen LogP contribution >= 0.6 is 35.7 Å². The molecule has 1 aliphatic heterocycles. The third-order valence-corrected chi connectivity index (χ3v) is 7.31. The van der Waals surface area contributed by atoms with Gasteiger partial charge in [-0.15, -0.1) is 24.0 Å². The minimum atomic E-state index is -3.07. The second-order valence-electron chi connectivity index (χ2n) is 6.25. The topological polar surface area (TPSA) is 61.8 Å². The van der Waals surface area contributed by atoms with Gasteiger partial charge in [0.2, 0.25) is 0 Å².